The molecule has 0 spiro atoms. The fourth-order valence-electron chi connectivity index (χ4n) is 1.43. The van der Waals surface area contributed by atoms with Crippen LogP contribution in [0.4, 0.5) is 0 Å². The molecule has 2 aromatic rings. The minimum absolute atomic E-state index is 0.0873. The Kier molecular flexibility index (Phi) is 4.68. The molecule has 9 nitrogen and oxygen atoms in total. The number of hydrogen-bond acceptors (Lipinski definition) is 8. The van der Waals surface area contributed by atoms with Gasteiger partial charge in [-0.15, -0.1) is 5.10 Å². The number of nitrogens with zero attached hydrogens (tertiary/aromatic N) is 5. The second kappa shape index (κ2) is 6.48. The number of rotatable bonds is 5. The fraction of sp³-hybridized carbons (Fsp3) is 0.455. The Balaban J connectivity index is 2.25. The molecule has 0 unspecified atom stereocenters. The molecule has 0 saturated carbocycles. The van der Waals surface area contributed by atoms with Gasteiger partial charge in [-0.1, -0.05) is 13.8 Å². The Morgan fingerprint density at radius 2 is 2.29 bits per heavy atom. The van der Waals surface area contributed by atoms with Gasteiger partial charge in [-0.3, -0.25) is 9.59 Å². The van der Waals surface area contributed by atoms with Crippen molar-refractivity contribution in [3.8, 4) is 0 Å². The number of aromatic amines is 1. The standard InChI is InChI=1S/C11H14N6O3S/c1-6(2)10-12-7(18)4-8(13-10)21-11-14-15-16-17(11)5-9(19)20-3/h4,6H,5H2,1-3H3,(H,12,13,18). The lowest BCUT2D eigenvalue weighted by Crippen LogP contribution is -2.14. The number of nitrogens with one attached hydrogen (secondary N) is 1. The van der Waals surface area contributed by atoms with Gasteiger partial charge in [0, 0.05) is 12.0 Å². The van der Waals surface area contributed by atoms with Crippen LogP contribution in [0.25, 0.3) is 0 Å². The number of esters is 1. The molecule has 0 aliphatic heterocycles. The smallest absolute Gasteiger partial charge is 0.327 e. The average molecular weight is 310 g/mol. The normalized spacial score (nSPS) is 10.9. The molecule has 0 radical (unpaired) electrons. The van der Waals surface area contributed by atoms with E-state index in [1.165, 1.54) is 17.9 Å². The maximum atomic E-state index is 11.6. The molecule has 2 rings (SSSR count). The van der Waals surface area contributed by atoms with Gasteiger partial charge in [0.25, 0.3) is 5.56 Å². The van der Waals surface area contributed by atoms with E-state index < -0.39 is 5.97 Å². The number of H-pyrrole nitrogens is 1. The Bertz CT molecular complexity index is 695. The Morgan fingerprint density at radius 1 is 1.52 bits per heavy atom. The maximum absolute atomic E-state index is 11.6. The lowest BCUT2D eigenvalue weighted by atomic mass is 10.2. The highest BCUT2D eigenvalue weighted by atomic mass is 32.2. The molecule has 0 saturated heterocycles. The number of ether oxygens (including phenoxy) is 1. The largest absolute Gasteiger partial charge is 0.468 e. The summed E-state index contributed by atoms with van der Waals surface area (Å²) in [7, 11) is 1.28. The maximum Gasteiger partial charge on any atom is 0.327 e. The van der Waals surface area contributed by atoms with Crippen molar-refractivity contribution in [2.75, 3.05) is 7.11 Å². The van der Waals surface area contributed by atoms with Gasteiger partial charge in [0.05, 0.1) is 7.11 Å². The summed E-state index contributed by atoms with van der Waals surface area (Å²) in [5.41, 5.74) is -0.247. The van der Waals surface area contributed by atoms with Crippen molar-refractivity contribution in [2.24, 2.45) is 0 Å². The summed E-state index contributed by atoms with van der Waals surface area (Å²) in [5.74, 6) is 0.201. The quantitative estimate of drug-likeness (QED) is 0.615. The molecule has 0 atom stereocenters. The molecular formula is C11H14N6O3S. The first-order valence-corrected chi connectivity index (χ1v) is 6.93. The molecule has 2 aromatic heterocycles. The van der Waals surface area contributed by atoms with E-state index in [0.717, 1.165) is 11.8 Å². The van der Waals surface area contributed by atoms with E-state index in [-0.39, 0.29) is 18.0 Å². The van der Waals surface area contributed by atoms with Crippen LogP contribution >= 0.6 is 11.8 Å². The first-order chi connectivity index (χ1) is 9.99. The van der Waals surface area contributed by atoms with Gasteiger partial charge in [0.2, 0.25) is 5.16 Å². The van der Waals surface area contributed by atoms with Crippen molar-refractivity contribution in [1.29, 1.82) is 0 Å². The van der Waals surface area contributed by atoms with Crippen molar-refractivity contribution in [1.82, 2.24) is 30.2 Å². The van der Waals surface area contributed by atoms with E-state index in [4.69, 9.17) is 0 Å². The van der Waals surface area contributed by atoms with Gasteiger partial charge in [0.15, 0.2) is 0 Å². The van der Waals surface area contributed by atoms with Gasteiger partial charge in [-0.25, -0.2) is 9.67 Å². The topological polar surface area (TPSA) is 116 Å². The zero-order valence-corrected chi connectivity index (χ0v) is 12.5. The van der Waals surface area contributed by atoms with Crippen LogP contribution in [0.5, 0.6) is 0 Å². The minimum Gasteiger partial charge on any atom is -0.468 e. The molecule has 2 heterocycles. The van der Waals surface area contributed by atoms with Crippen LogP contribution < -0.4 is 5.56 Å². The summed E-state index contributed by atoms with van der Waals surface area (Å²) in [6.45, 7) is 3.74. The van der Waals surface area contributed by atoms with Crippen LogP contribution in [0.1, 0.15) is 25.6 Å². The SMILES string of the molecule is COC(=O)Cn1nnnc1Sc1cc(=O)[nH]c(C(C)C)n1. The minimum atomic E-state index is -0.467. The highest BCUT2D eigenvalue weighted by Gasteiger charge is 2.14. The Labute approximate surface area is 124 Å². The Hall–Kier alpha value is -2.23. The zero-order chi connectivity index (χ0) is 15.4. The highest BCUT2D eigenvalue weighted by molar-refractivity contribution is 7.99. The second-order valence-electron chi connectivity index (χ2n) is 4.42. The number of methoxy groups -OCH3 is 1. The van der Waals surface area contributed by atoms with Crippen molar-refractivity contribution in [3.63, 3.8) is 0 Å². The van der Waals surface area contributed by atoms with Crippen molar-refractivity contribution in [3.05, 3.63) is 22.2 Å². The number of hydrogen-bond donors (Lipinski definition) is 1. The van der Waals surface area contributed by atoms with Crippen molar-refractivity contribution in [2.45, 2.75) is 36.5 Å². The first-order valence-electron chi connectivity index (χ1n) is 6.11. The summed E-state index contributed by atoms with van der Waals surface area (Å²) in [6, 6.07) is 1.35. The summed E-state index contributed by atoms with van der Waals surface area (Å²) >= 11 is 1.11. The Morgan fingerprint density at radius 3 is 2.95 bits per heavy atom. The monoisotopic (exact) mass is 310 g/mol. The number of carbonyl (C=O) groups excluding carboxylic acids is 1. The molecule has 1 N–H and O–H groups in total. The van der Waals surface area contributed by atoms with E-state index in [0.29, 0.717) is 16.0 Å². The first kappa shape index (κ1) is 15.2. The zero-order valence-electron chi connectivity index (χ0n) is 11.7. The predicted octanol–water partition coefficient (Wildman–Crippen LogP) is 0.204. The number of aromatic nitrogens is 6. The molecule has 0 bridgehead atoms. The summed E-state index contributed by atoms with van der Waals surface area (Å²) in [5, 5.41) is 11.8. The van der Waals surface area contributed by atoms with E-state index in [2.05, 4.69) is 30.2 Å². The molecule has 10 heteroatoms. The molecule has 0 fully saturated rings. The third-order valence-electron chi connectivity index (χ3n) is 2.48. The molecule has 0 aliphatic carbocycles. The highest BCUT2D eigenvalue weighted by Crippen LogP contribution is 2.23. The van der Waals surface area contributed by atoms with Crippen molar-refractivity contribution >= 4 is 17.7 Å². The van der Waals surface area contributed by atoms with Crippen LogP contribution in [-0.2, 0) is 16.1 Å². The molecular weight excluding hydrogens is 296 g/mol. The van der Waals surface area contributed by atoms with E-state index in [1.807, 2.05) is 13.8 Å². The number of carbonyl (C=O) groups is 1. The van der Waals surface area contributed by atoms with Crippen LogP contribution in [0, 0.1) is 0 Å². The third kappa shape index (κ3) is 3.88. The summed E-state index contributed by atoms with van der Waals surface area (Å²) < 4.78 is 5.85. The molecule has 21 heavy (non-hydrogen) atoms. The van der Waals surface area contributed by atoms with Gasteiger partial charge in [-0.05, 0) is 22.2 Å². The van der Waals surface area contributed by atoms with E-state index in [9.17, 15) is 9.59 Å². The molecule has 112 valence electrons. The van der Waals surface area contributed by atoms with E-state index >= 15 is 0 Å². The molecule has 0 aliphatic rings. The average Bonchev–Trinajstić information content (AvgIpc) is 2.85. The van der Waals surface area contributed by atoms with Gasteiger partial charge in [0.1, 0.15) is 17.4 Å². The van der Waals surface area contributed by atoms with Gasteiger partial charge >= 0.3 is 5.97 Å². The lowest BCUT2D eigenvalue weighted by molar-refractivity contribution is -0.141. The van der Waals surface area contributed by atoms with Crippen LogP contribution in [0.15, 0.2) is 21.0 Å². The fourth-order valence-corrected chi connectivity index (χ4v) is 2.21. The van der Waals surface area contributed by atoms with Crippen LogP contribution in [0.3, 0.4) is 0 Å². The van der Waals surface area contributed by atoms with Gasteiger partial charge in [-0.2, -0.15) is 0 Å². The third-order valence-corrected chi connectivity index (χ3v) is 3.38. The van der Waals surface area contributed by atoms with E-state index in [1.54, 1.807) is 0 Å². The second-order valence-corrected chi connectivity index (χ2v) is 5.41. The van der Waals surface area contributed by atoms with Crippen LogP contribution in [0.2, 0.25) is 0 Å². The van der Waals surface area contributed by atoms with Crippen molar-refractivity contribution < 1.29 is 9.53 Å². The molecule has 0 aromatic carbocycles. The predicted molar refractivity (Wildman–Crippen MR) is 72.9 cm³/mol. The summed E-state index contributed by atoms with van der Waals surface area (Å²) in [4.78, 5) is 29.9. The van der Waals surface area contributed by atoms with Gasteiger partial charge < -0.3 is 9.72 Å². The number of tetrazole rings is 1. The molecule has 0 amide bonds. The lowest BCUT2D eigenvalue weighted by Gasteiger charge is -2.06. The van der Waals surface area contributed by atoms with Crippen LogP contribution in [-0.4, -0.2) is 43.3 Å². The summed E-state index contributed by atoms with van der Waals surface area (Å²) in [6.07, 6.45) is 0.